The third-order valence-corrected chi connectivity index (χ3v) is 3.91. The van der Waals surface area contributed by atoms with Gasteiger partial charge in [-0.3, -0.25) is 9.59 Å². The van der Waals surface area contributed by atoms with Crippen LogP contribution in [-0.4, -0.2) is 11.8 Å². The van der Waals surface area contributed by atoms with Gasteiger partial charge in [0, 0.05) is 5.56 Å². The van der Waals surface area contributed by atoms with Gasteiger partial charge in [-0.15, -0.1) is 0 Å². The lowest BCUT2D eigenvalue weighted by atomic mass is 9.98. The number of benzene rings is 2. The predicted octanol–water partition coefficient (Wildman–Crippen LogP) is 3.83. The summed E-state index contributed by atoms with van der Waals surface area (Å²) in [5.74, 6) is -1.29. The molecule has 0 aliphatic rings. The first kappa shape index (κ1) is 16.3. The van der Waals surface area contributed by atoms with E-state index in [1.165, 1.54) is 0 Å². The maximum atomic E-state index is 12.3. The maximum Gasteiger partial charge on any atom is 0.255 e. The highest BCUT2D eigenvalue weighted by Gasteiger charge is 2.15. The van der Waals surface area contributed by atoms with Crippen LogP contribution in [0.25, 0.3) is 0 Å². The zero-order chi connectivity index (χ0) is 16.3. The van der Waals surface area contributed by atoms with Gasteiger partial charge in [-0.25, -0.2) is 0 Å². The monoisotopic (exact) mass is 336 g/mol. The second-order valence-corrected chi connectivity index (χ2v) is 5.61. The van der Waals surface area contributed by atoms with Crippen LogP contribution in [0.5, 0.6) is 0 Å². The summed E-state index contributed by atoms with van der Waals surface area (Å²) in [4.78, 5) is 23.6. The van der Waals surface area contributed by atoms with E-state index in [0.717, 1.165) is 0 Å². The van der Waals surface area contributed by atoms with Gasteiger partial charge in [0.2, 0.25) is 5.91 Å². The Morgan fingerprint density at radius 3 is 2.27 bits per heavy atom. The van der Waals surface area contributed by atoms with Crippen molar-refractivity contribution in [2.45, 2.75) is 12.8 Å². The van der Waals surface area contributed by atoms with E-state index in [0.29, 0.717) is 26.9 Å². The second kappa shape index (κ2) is 6.81. The standard InChI is InChI=1S/C16H14Cl2N2O2/c1-9(15(19)21)10-4-2-5-11(8-10)16(22)20-14-12(17)6-3-7-13(14)18/h2-9H,1H3,(H2,19,21)(H,20,22). The fourth-order valence-corrected chi connectivity index (χ4v) is 2.41. The molecule has 0 radical (unpaired) electrons. The smallest absolute Gasteiger partial charge is 0.255 e. The van der Waals surface area contributed by atoms with Gasteiger partial charge in [0.1, 0.15) is 0 Å². The van der Waals surface area contributed by atoms with E-state index < -0.39 is 11.8 Å². The Balaban J connectivity index is 2.27. The van der Waals surface area contributed by atoms with E-state index in [2.05, 4.69) is 5.32 Å². The molecule has 2 rings (SSSR count). The molecule has 0 saturated heterocycles. The van der Waals surface area contributed by atoms with Gasteiger partial charge >= 0.3 is 0 Å². The largest absolute Gasteiger partial charge is 0.369 e. The number of carbonyl (C=O) groups excluding carboxylic acids is 2. The Morgan fingerprint density at radius 2 is 1.68 bits per heavy atom. The van der Waals surface area contributed by atoms with Crippen LogP contribution in [0.3, 0.4) is 0 Å². The molecule has 0 bridgehead atoms. The molecule has 3 N–H and O–H groups in total. The molecule has 2 amide bonds. The minimum absolute atomic E-state index is 0.350. The highest BCUT2D eigenvalue weighted by atomic mass is 35.5. The summed E-state index contributed by atoms with van der Waals surface area (Å²) in [5, 5.41) is 3.37. The van der Waals surface area contributed by atoms with Gasteiger partial charge < -0.3 is 11.1 Å². The fraction of sp³-hybridized carbons (Fsp3) is 0.125. The Kier molecular flexibility index (Phi) is 5.06. The number of hydrogen-bond acceptors (Lipinski definition) is 2. The van der Waals surface area contributed by atoms with Gasteiger partial charge in [0.15, 0.2) is 0 Å². The zero-order valence-electron chi connectivity index (χ0n) is 11.8. The van der Waals surface area contributed by atoms with Gasteiger partial charge in [0.25, 0.3) is 5.91 Å². The molecule has 6 heteroatoms. The van der Waals surface area contributed by atoms with Crippen LogP contribution in [0, 0.1) is 0 Å². The van der Waals surface area contributed by atoms with Crippen molar-refractivity contribution in [2.75, 3.05) is 5.32 Å². The number of rotatable bonds is 4. The highest BCUT2D eigenvalue weighted by Crippen LogP contribution is 2.30. The lowest BCUT2D eigenvalue weighted by Gasteiger charge is -2.11. The van der Waals surface area contributed by atoms with E-state index in [-0.39, 0.29) is 5.91 Å². The Bertz CT molecular complexity index is 712. The van der Waals surface area contributed by atoms with Crippen LogP contribution < -0.4 is 11.1 Å². The summed E-state index contributed by atoms with van der Waals surface area (Å²) < 4.78 is 0. The topological polar surface area (TPSA) is 72.2 Å². The molecule has 0 heterocycles. The molecule has 114 valence electrons. The van der Waals surface area contributed by atoms with Crippen LogP contribution in [-0.2, 0) is 4.79 Å². The summed E-state index contributed by atoms with van der Waals surface area (Å²) in [6, 6.07) is 11.7. The summed E-state index contributed by atoms with van der Waals surface area (Å²) in [6.07, 6.45) is 0. The number of amides is 2. The number of carbonyl (C=O) groups is 2. The molecule has 1 atom stereocenters. The average molecular weight is 337 g/mol. The van der Waals surface area contributed by atoms with Crippen molar-refractivity contribution in [3.8, 4) is 0 Å². The Hall–Kier alpha value is -2.04. The van der Waals surface area contributed by atoms with Gasteiger partial charge in [-0.1, -0.05) is 41.4 Å². The lowest BCUT2D eigenvalue weighted by molar-refractivity contribution is -0.119. The molecular weight excluding hydrogens is 323 g/mol. The second-order valence-electron chi connectivity index (χ2n) is 4.80. The van der Waals surface area contributed by atoms with Gasteiger partial charge in [-0.2, -0.15) is 0 Å². The molecule has 0 aliphatic heterocycles. The normalized spacial score (nSPS) is 11.8. The molecule has 22 heavy (non-hydrogen) atoms. The van der Waals surface area contributed by atoms with E-state index >= 15 is 0 Å². The SMILES string of the molecule is CC(C(N)=O)c1cccc(C(=O)Nc2c(Cl)cccc2Cl)c1. The molecule has 0 spiro atoms. The van der Waals surface area contributed by atoms with Crippen LogP contribution in [0.15, 0.2) is 42.5 Å². The van der Waals surface area contributed by atoms with Gasteiger partial charge in [-0.05, 0) is 36.8 Å². The first-order valence-electron chi connectivity index (χ1n) is 6.54. The highest BCUT2D eigenvalue weighted by molar-refractivity contribution is 6.40. The summed E-state index contributed by atoms with van der Waals surface area (Å²) in [5.41, 5.74) is 6.70. The van der Waals surface area contributed by atoms with Crippen molar-refractivity contribution in [3.05, 3.63) is 63.6 Å². The van der Waals surface area contributed by atoms with Crippen LogP contribution >= 0.6 is 23.2 Å². The molecule has 0 aliphatic carbocycles. The van der Waals surface area contributed by atoms with Crippen molar-refractivity contribution < 1.29 is 9.59 Å². The van der Waals surface area contributed by atoms with Crippen molar-refractivity contribution >= 4 is 40.7 Å². The number of anilines is 1. The summed E-state index contributed by atoms with van der Waals surface area (Å²) in [7, 11) is 0. The van der Waals surface area contributed by atoms with Crippen LogP contribution in [0.2, 0.25) is 10.0 Å². The van der Waals surface area contributed by atoms with Crippen molar-refractivity contribution in [1.82, 2.24) is 0 Å². The fourth-order valence-electron chi connectivity index (χ4n) is 1.92. The number of para-hydroxylation sites is 1. The van der Waals surface area contributed by atoms with Crippen LogP contribution in [0.1, 0.15) is 28.8 Å². The predicted molar refractivity (Wildman–Crippen MR) is 88.5 cm³/mol. The number of primary amides is 1. The van der Waals surface area contributed by atoms with E-state index in [9.17, 15) is 9.59 Å². The third kappa shape index (κ3) is 3.59. The number of nitrogens with one attached hydrogen (secondary N) is 1. The minimum Gasteiger partial charge on any atom is -0.369 e. The number of nitrogens with two attached hydrogens (primary N) is 1. The van der Waals surface area contributed by atoms with Crippen molar-refractivity contribution in [3.63, 3.8) is 0 Å². The third-order valence-electron chi connectivity index (χ3n) is 3.28. The quantitative estimate of drug-likeness (QED) is 0.890. The Labute approximate surface area is 138 Å². The lowest BCUT2D eigenvalue weighted by Crippen LogP contribution is -2.19. The molecule has 1 unspecified atom stereocenters. The first-order valence-corrected chi connectivity index (χ1v) is 7.30. The van der Waals surface area contributed by atoms with E-state index in [4.69, 9.17) is 28.9 Å². The summed E-state index contributed by atoms with van der Waals surface area (Å²) >= 11 is 12.0. The van der Waals surface area contributed by atoms with Crippen molar-refractivity contribution in [2.24, 2.45) is 5.73 Å². The molecular formula is C16H14Cl2N2O2. The van der Waals surface area contributed by atoms with Gasteiger partial charge in [0.05, 0.1) is 21.7 Å². The number of hydrogen-bond donors (Lipinski definition) is 2. The molecule has 0 fully saturated rings. The molecule has 2 aromatic carbocycles. The van der Waals surface area contributed by atoms with Crippen LogP contribution in [0.4, 0.5) is 5.69 Å². The van der Waals surface area contributed by atoms with E-state index in [1.54, 1.807) is 49.4 Å². The van der Waals surface area contributed by atoms with Crippen molar-refractivity contribution in [1.29, 1.82) is 0 Å². The van der Waals surface area contributed by atoms with E-state index in [1.807, 2.05) is 0 Å². The molecule has 0 saturated carbocycles. The molecule has 4 nitrogen and oxygen atoms in total. The zero-order valence-corrected chi connectivity index (χ0v) is 13.3. The summed E-state index contributed by atoms with van der Waals surface area (Å²) in [6.45, 7) is 1.68. The average Bonchev–Trinajstić information content (AvgIpc) is 2.50. The molecule has 2 aromatic rings. The maximum absolute atomic E-state index is 12.3. The molecule has 0 aromatic heterocycles. The Morgan fingerprint density at radius 1 is 1.09 bits per heavy atom. The minimum atomic E-state index is -0.475. The first-order chi connectivity index (χ1) is 10.4. The number of halogens is 2.